The molecule has 0 aromatic carbocycles. The molecule has 2 rings (SSSR count). The second-order valence-corrected chi connectivity index (χ2v) is 6.96. The molecule has 1 amide bonds. The molecule has 1 aliphatic heterocycles. The molecule has 134 valence electrons. The molecule has 0 spiro atoms. The smallest absolute Gasteiger partial charge is 0.242 e. The Morgan fingerprint density at radius 1 is 1.29 bits per heavy atom. The highest BCUT2D eigenvalue weighted by Crippen LogP contribution is 2.40. The molecule has 1 atom stereocenters. The molecule has 0 saturated carbocycles. The van der Waals surface area contributed by atoms with E-state index in [0.29, 0.717) is 5.69 Å². The molecule has 0 bridgehead atoms. The van der Waals surface area contributed by atoms with Gasteiger partial charge in [0, 0.05) is 12.7 Å². The fourth-order valence-corrected chi connectivity index (χ4v) is 3.99. The molecule has 0 aliphatic carbocycles. The summed E-state index contributed by atoms with van der Waals surface area (Å²) < 4.78 is 0. The van der Waals surface area contributed by atoms with Gasteiger partial charge in [0.2, 0.25) is 5.91 Å². The first-order chi connectivity index (χ1) is 11.6. The Labute approximate surface area is 146 Å². The molecular weight excluding hydrogens is 300 g/mol. The van der Waals surface area contributed by atoms with Crippen LogP contribution < -0.4 is 11.2 Å². The first-order valence-corrected chi connectivity index (χ1v) is 9.35. The minimum Gasteiger partial charge on any atom is -0.397 e. The molecule has 0 radical (unpaired) electrons. The molecule has 3 N–H and O–H groups in total. The van der Waals surface area contributed by atoms with Gasteiger partial charge in [-0.05, 0) is 37.3 Å². The summed E-state index contributed by atoms with van der Waals surface area (Å²) in [6, 6.07) is 2.01. The van der Waals surface area contributed by atoms with Crippen LogP contribution in [0.15, 0.2) is 18.5 Å². The van der Waals surface area contributed by atoms with Gasteiger partial charge in [-0.1, -0.05) is 40.0 Å². The predicted molar refractivity (Wildman–Crippen MR) is 98.0 cm³/mol. The third kappa shape index (κ3) is 3.89. The number of aromatic nitrogens is 1. The van der Waals surface area contributed by atoms with Gasteiger partial charge in [-0.25, -0.2) is 5.43 Å². The van der Waals surface area contributed by atoms with Crippen molar-refractivity contribution in [1.82, 2.24) is 15.4 Å². The van der Waals surface area contributed by atoms with E-state index in [2.05, 4.69) is 31.2 Å². The standard InChI is InChI=1S/C19H32N4O/c1-4-7-17(15-8-12-21-14-16(15)20)22-23-13-11-19(9-5-2,10-6-3)18(23)24/h8,12,14,17,22H,4-7,9-11,13,20H2,1-3H3. The van der Waals surface area contributed by atoms with Crippen molar-refractivity contribution in [2.45, 2.75) is 71.8 Å². The van der Waals surface area contributed by atoms with Crippen LogP contribution in [-0.2, 0) is 4.79 Å². The van der Waals surface area contributed by atoms with Crippen LogP contribution in [0.2, 0.25) is 0 Å². The number of nitrogens with zero attached hydrogens (tertiary/aromatic N) is 2. The largest absolute Gasteiger partial charge is 0.397 e. The fraction of sp³-hybridized carbons (Fsp3) is 0.684. The minimum absolute atomic E-state index is 0.0565. The van der Waals surface area contributed by atoms with Gasteiger partial charge in [0.1, 0.15) is 0 Å². The number of amides is 1. The zero-order valence-electron chi connectivity index (χ0n) is 15.3. The number of hydrogen-bond acceptors (Lipinski definition) is 4. The molecule has 1 aromatic heterocycles. The lowest BCUT2D eigenvalue weighted by Crippen LogP contribution is -2.45. The highest BCUT2D eigenvalue weighted by molar-refractivity contribution is 5.84. The van der Waals surface area contributed by atoms with E-state index in [1.54, 1.807) is 12.4 Å². The lowest BCUT2D eigenvalue weighted by molar-refractivity contribution is -0.140. The quantitative estimate of drug-likeness (QED) is 0.721. The van der Waals surface area contributed by atoms with Crippen LogP contribution in [0, 0.1) is 5.41 Å². The maximum atomic E-state index is 13.1. The first kappa shape index (κ1) is 18.7. The predicted octanol–water partition coefficient (Wildman–Crippen LogP) is 3.83. The number of nitrogens with one attached hydrogen (secondary N) is 1. The van der Waals surface area contributed by atoms with Gasteiger partial charge in [-0.15, -0.1) is 0 Å². The van der Waals surface area contributed by atoms with E-state index in [0.717, 1.165) is 57.1 Å². The van der Waals surface area contributed by atoms with E-state index in [9.17, 15) is 4.79 Å². The van der Waals surface area contributed by atoms with E-state index in [-0.39, 0.29) is 17.4 Å². The summed E-state index contributed by atoms with van der Waals surface area (Å²) in [4.78, 5) is 17.2. The summed E-state index contributed by atoms with van der Waals surface area (Å²) in [6.07, 6.45) is 10.4. The number of anilines is 1. The monoisotopic (exact) mass is 332 g/mol. The Hall–Kier alpha value is -1.62. The van der Waals surface area contributed by atoms with Crippen LogP contribution in [0.1, 0.15) is 77.3 Å². The van der Waals surface area contributed by atoms with E-state index in [4.69, 9.17) is 5.73 Å². The van der Waals surface area contributed by atoms with Crippen molar-refractivity contribution in [2.24, 2.45) is 5.41 Å². The molecule has 1 fully saturated rings. The lowest BCUT2D eigenvalue weighted by atomic mass is 9.78. The van der Waals surface area contributed by atoms with E-state index < -0.39 is 0 Å². The minimum atomic E-state index is -0.170. The average molecular weight is 332 g/mol. The lowest BCUT2D eigenvalue weighted by Gasteiger charge is -2.30. The SMILES string of the molecule is CCCC(NN1CCC(CCC)(CCC)C1=O)c1ccncc1N. The van der Waals surface area contributed by atoms with Crippen molar-refractivity contribution in [3.8, 4) is 0 Å². The molecule has 24 heavy (non-hydrogen) atoms. The second-order valence-electron chi connectivity index (χ2n) is 6.96. The number of carbonyl (C=O) groups is 1. The number of hydrogen-bond donors (Lipinski definition) is 2. The maximum absolute atomic E-state index is 13.1. The summed E-state index contributed by atoms with van der Waals surface area (Å²) in [5.41, 5.74) is 11.1. The second kappa shape index (κ2) is 8.47. The van der Waals surface area contributed by atoms with E-state index in [1.165, 1.54) is 0 Å². The third-order valence-corrected chi connectivity index (χ3v) is 5.12. The molecule has 1 unspecified atom stereocenters. The van der Waals surface area contributed by atoms with Crippen LogP contribution in [-0.4, -0.2) is 22.4 Å². The van der Waals surface area contributed by atoms with Gasteiger partial charge in [0.25, 0.3) is 0 Å². The van der Waals surface area contributed by atoms with Crippen LogP contribution >= 0.6 is 0 Å². The van der Waals surface area contributed by atoms with Crippen molar-refractivity contribution in [1.29, 1.82) is 0 Å². The van der Waals surface area contributed by atoms with Crippen LogP contribution in [0.5, 0.6) is 0 Å². The number of carbonyl (C=O) groups excluding carboxylic acids is 1. The Kier molecular flexibility index (Phi) is 6.60. The Bertz CT molecular complexity index is 540. The van der Waals surface area contributed by atoms with Gasteiger partial charge in [-0.2, -0.15) is 0 Å². The van der Waals surface area contributed by atoms with E-state index in [1.807, 2.05) is 11.1 Å². The number of hydrazine groups is 1. The topological polar surface area (TPSA) is 71.2 Å². The highest BCUT2D eigenvalue weighted by atomic mass is 16.2. The molecule has 1 aromatic rings. The summed E-state index contributed by atoms with van der Waals surface area (Å²) in [5.74, 6) is 0.264. The summed E-state index contributed by atoms with van der Waals surface area (Å²) in [6.45, 7) is 7.26. The molecule has 1 aliphatic rings. The summed E-state index contributed by atoms with van der Waals surface area (Å²) >= 11 is 0. The number of pyridine rings is 1. The zero-order valence-corrected chi connectivity index (χ0v) is 15.3. The van der Waals surface area contributed by atoms with Gasteiger partial charge in [-0.3, -0.25) is 14.8 Å². The van der Waals surface area contributed by atoms with Crippen molar-refractivity contribution in [3.05, 3.63) is 24.0 Å². The highest BCUT2D eigenvalue weighted by Gasteiger charge is 2.45. The summed E-state index contributed by atoms with van der Waals surface area (Å²) in [7, 11) is 0. The summed E-state index contributed by atoms with van der Waals surface area (Å²) in [5, 5.41) is 1.85. The van der Waals surface area contributed by atoms with Crippen molar-refractivity contribution >= 4 is 11.6 Å². The maximum Gasteiger partial charge on any atom is 0.242 e. The molecule has 5 heteroatoms. The Morgan fingerprint density at radius 2 is 2.00 bits per heavy atom. The van der Waals surface area contributed by atoms with Crippen LogP contribution in [0.3, 0.4) is 0 Å². The van der Waals surface area contributed by atoms with Gasteiger partial charge < -0.3 is 5.73 Å². The van der Waals surface area contributed by atoms with Crippen LogP contribution in [0.4, 0.5) is 5.69 Å². The van der Waals surface area contributed by atoms with Gasteiger partial charge in [0.15, 0.2) is 0 Å². The fourth-order valence-electron chi connectivity index (χ4n) is 3.99. The van der Waals surface area contributed by atoms with E-state index >= 15 is 0 Å². The normalized spacial score (nSPS) is 18.1. The first-order valence-electron chi connectivity index (χ1n) is 9.35. The number of rotatable bonds is 9. The Morgan fingerprint density at radius 3 is 2.58 bits per heavy atom. The van der Waals surface area contributed by atoms with Crippen molar-refractivity contribution < 1.29 is 4.79 Å². The van der Waals surface area contributed by atoms with Gasteiger partial charge >= 0.3 is 0 Å². The molecular formula is C19H32N4O. The molecule has 1 saturated heterocycles. The average Bonchev–Trinajstić information content (AvgIpc) is 2.85. The van der Waals surface area contributed by atoms with Crippen molar-refractivity contribution in [3.63, 3.8) is 0 Å². The number of nitrogens with two attached hydrogens (primary N) is 1. The van der Waals surface area contributed by atoms with Gasteiger partial charge in [0.05, 0.1) is 23.3 Å². The third-order valence-electron chi connectivity index (χ3n) is 5.12. The zero-order chi connectivity index (χ0) is 17.6. The molecule has 5 nitrogen and oxygen atoms in total. The van der Waals surface area contributed by atoms with Crippen LogP contribution in [0.25, 0.3) is 0 Å². The molecule has 2 heterocycles. The Balaban J connectivity index is 2.16. The number of nitrogen functional groups attached to an aromatic ring is 1. The van der Waals surface area contributed by atoms with Crippen molar-refractivity contribution in [2.75, 3.05) is 12.3 Å².